The molecule has 0 fully saturated rings. The van der Waals surface area contributed by atoms with Gasteiger partial charge in [-0.15, -0.1) is 6.58 Å². The zero-order valence-electron chi connectivity index (χ0n) is 10.7. The highest BCUT2D eigenvalue weighted by molar-refractivity contribution is 5.95. The lowest BCUT2D eigenvalue weighted by Gasteiger charge is -2.18. The molecule has 0 spiro atoms. The Hall–Kier alpha value is -1.89. The molecule has 0 saturated heterocycles. The Morgan fingerprint density at radius 2 is 2.00 bits per heavy atom. The van der Waals surface area contributed by atoms with E-state index in [1.54, 1.807) is 13.0 Å². The first-order chi connectivity index (χ1) is 8.53. The van der Waals surface area contributed by atoms with Gasteiger partial charge in [-0.1, -0.05) is 6.08 Å². The summed E-state index contributed by atoms with van der Waals surface area (Å²) in [6, 6.07) is -0.588. The molecule has 0 aliphatic rings. The van der Waals surface area contributed by atoms with Crippen LogP contribution in [-0.2, 0) is 14.3 Å². The van der Waals surface area contributed by atoms with Gasteiger partial charge in [-0.05, 0) is 6.92 Å². The first kappa shape index (κ1) is 16.1. The van der Waals surface area contributed by atoms with Crippen molar-refractivity contribution in [2.75, 3.05) is 33.3 Å². The molecule has 0 atom stereocenters. The number of rotatable bonds is 7. The van der Waals surface area contributed by atoms with E-state index in [-0.39, 0.29) is 19.7 Å². The molecule has 0 heterocycles. The van der Waals surface area contributed by atoms with E-state index in [0.29, 0.717) is 6.54 Å². The van der Waals surface area contributed by atoms with E-state index in [1.807, 2.05) is 0 Å². The first-order valence-electron chi connectivity index (χ1n) is 5.53. The minimum atomic E-state index is -0.588. The number of carbonyl (C=O) groups excluding carboxylic acids is 3. The summed E-state index contributed by atoms with van der Waals surface area (Å²) in [5.41, 5.74) is 0. The summed E-state index contributed by atoms with van der Waals surface area (Å²) in [6.07, 6.45) is 1.56. The minimum Gasteiger partial charge on any atom is -0.465 e. The number of urea groups is 1. The zero-order chi connectivity index (χ0) is 14.0. The predicted octanol–water partition coefficient (Wildman–Crippen LogP) is -0.507. The summed E-state index contributed by atoms with van der Waals surface area (Å²) in [5, 5.41) is 4.37. The van der Waals surface area contributed by atoms with Gasteiger partial charge in [0.25, 0.3) is 0 Å². The molecule has 0 saturated carbocycles. The van der Waals surface area contributed by atoms with Crippen molar-refractivity contribution < 1.29 is 19.1 Å². The average molecular weight is 257 g/mol. The van der Waals surface area contributed by atoms with Crippen molar-refractivity contribution in [1.29, 1.82) is 0 Å². The van der Waals surface area contributed by atoms with Gasteiger partial charge in [-0.25, -0.2) is 4.79 Å². The molecule has 7 heteroatoms. The standard InChI is InChI=1S/C11H19N3O4/c1-4-6-14(8-10(16)18-5-2)7-9(15)13-11(17)12-3/h4H,1,5-8H2,2-3H3,(H2,12,13,15,17). The normalized spacial score (nSPS) is 9.72. The number of nitrogens with one attached hydrogen (secondary N) is 2. The van der Waals surface area contributed by atoms with Crippen molar-refractivity contribution in [2.24, 2.45) is 0 Å². The maximum Gasteiger partial charge on any atom is 0.321 e. The Balaban J connectivity index is 4.25. The van der Waals surface area contributed by atoms with E-state index in [0.717, 1.165) is 0 Å². The van der Waals surface area contributed by atoms with Crippen LogP contribution in [0.5, 0.6) is 0 Å². The molecule has 0 aromatic heterocycles. The molecule has 102 valence electrons. The molecular weight excluding hydrogens is 238 g/mol. The van der Waals surface area contributed by atoms with E-state index in [2.05, 4.69) is 17.2 Å². The fraction of sp³-hybridized carbons (Fsp3) is 0.545. The van der Waals surface area contributed by atoms with Crippen LogP contribution in [0.2, 0.25) is 0 Å². The van der Waals surface area contributed by atoms with Crippen molar-refractivity contribution in [1.82, 2.24) is 15.5 Å². The van der Waals surface area contributed by atoms with E-state index in [9.17, 15) is 14.4 Å². The SMILES string of the molecule is C=CCN(CC(=O)NC(=O)NC)CC(=O)OCC. The fourth-order valence-corrected chi connectivity index (χ4v) is 1.19. The van der Waals surface area contributed by atoms with Crippen LogP contribution in [0, 0.1) is 0 Å². The van der Waals surface area contributed by atoms with Crippen molar-refractivity contribution in [2.45, 2.75) is 6.92 Å². The van der Waals surface area contributed by atoms with Gasteiger partial charge >= 0.3 is 12.0 Å². The molecule has 0 aliphatic heterocycles. The fourth-order valence-electron chi connectivity index (χ4n) is 1.19. The summed E-state index contributed by atoms with van der Waals surface area (Å²) in [5.74, 6) is -0.924. The smallest absolute Gasteiger partial charge is 0.321 e. The summed E-state index contributed by atoms with van der Waals surface area (Å²) in [4.78, 5) is 35.1. The maximum atomic E-state index is 11.4. The van der Waals surface area contributed by atoms with Gasteiger partial charge in [0.15, 0.2) is 0 Å². The van der Waals surface area contributed by atoms with E-state index in [1.165, 1.54) is 11.9 Å². The highest BCUT2D eigenvalue weighted by Crippen LogP contribution is 1.91. The zero-order valence-corrected chi connectivity index (χ0v) is 10.7. The van der Waals surface area contributed by atoms with Crippen molar-refractivity contribution >= 4 is 17.9 Å². The van der Waals surface area contributed by atoms with Crippen molar-refractivity contribution in [3.63, 3.8) is 0 Å². The predicted molar refractivity (Wildman–Crippen MR) is 65.9 cm³/mol. The first-order valence-corrected chi connectivity index (χ1v) is 5.53. The largest absolute Gasteiger partial charge is 0.465 e. The number of ether oxygens (including phenoxy) is 1. The van der Waals surface area contributed by atoms with E-state index >= 15 is 0 Å². The van der Waals surface area contributed by atoms with Crippen LogP contribution in [0.3, 0.4) is 0 Å². The molecule has 0 rings (SSSR count). The molecule has 0 radical (unpaired) electrons. The Labute approximate surface area is 106 Å². The van der Waals surface area contributed by atoms with Gasteiger partial charge in [-0.3, -0.25) is 19.8 Å². The second kappa shape index (κ2) is 9.17. The molecule has 3 amide bonds. The summed E-state index contributed by atoms with van der Waals surface area (Å²) in [6.45, 7) is 5.75. The van der Waals surface area contributed by atoms with Gasteiger partial charge < -0.3 is 10.1 Å². The van der Waals surface area contributed by atoms with Gasteiger partial charge in [-0.2, -0.15) is 0 Å². The van der Waals surface area contributed by atoms with Gasteiger partial charge in [0.05, 0.1) is 19.7 Å². The van der Waals surface area contributed by atoms with Crippen LogP contribution in [0.4, 0.5) is 4.79 Å². The third-order valence-corrected chi connectivity index (χ3v) is 1.89. The highest BCUT2D eigenvalue weighted by Gasteiger charge is 2.15. The van der Waals surface area contributed by atoms with E-state index < -0.39 is 17.9 Å². The lowest BCUT2D eigenvalue weighted by Crippen LogP contribution is -2.44. The molecule has 0 aromatic carbocycles. The number of hydrogen-bond donors (Lipinski definition) is 2. The Morgan fingerprint density at radius 1 is 1.33 bits per heavy atom. The minimum absolute atomic E-state index is 0.0268. The summed E-state index contributed by atoms with van der Waals surface area (Å²) < 4.78 is 4.78. The lowest BCUT2D eigenvalue weighted by molar-refractivity contribution is -0.144. The molecule has 7 nitrogen and oxygen atoms in total. The van der Waals surface area contributed by atoms with Gasteiger partial charge in [0.1, 0.15) is 0 Å². The summed E-state index contributed by atoms with van der Waals surface area (Å²) >= 11 is 0. The number of hydrogen-bond acceptors (Lipinski definition) is 5. The molecule has 2 N–H and O–H groups in total. The molecular formula is C11H19N3O4. The molecule has 18 heavy (non-hydrogen) atoms. The topological polar surface area (TPSA) is 87.7 Å². The van der Waals surface area contributed by atoms with Crippen LogP contribution in [0.1, 0.15) is 6.92 Å². The summed E-state index contributed by atoms with van der Waals surface area (Å²) in [7, 11) is 1.41. The molecule has 0 aromatic rings. The third kappa shape index (κ3) is 7.39. The number of carbonyl (C=O) groups is 3. The van der Waals surface area contributed by atoms with Crippen LogP contribution in [-0.4, -0.2) is 56.1 Å². The van der Waals surface area contributed by atoms with E-state index in [4.69, 9.17) is 4.74 Å². The Kier molecular flexibility index (Phi) is 8.21. The monoisotopic (exact) mass is 257 g/mol. The highest BCUT2D eigenvalue weighted by atomic mass is 16.5. The van der Waals surface area contributed by atoms with Crippen LogP contribution >= 0.6 is 0 Å². The van der Waals surface area contributed by atoms with Crippen LogP contribution in [0.15, 0.2) is 12.7 Å². The average Bonchev–Trinajstić information content (AvgIpc) is 2.29. The third-order valence-electron chi connectivity index (χ3n) is 1.89. The van der Waals surface area contributed by atoms with Gasteiger partial charge in [0, 0.05) is 13.6 Å². The number of esters is 1. The number of imide groups is 1. The van der Waals surface area contributed by atoms with Crippen molar-refractivity contribution in [3.05, 3.63) is 12.7 Å². The van der Waals surface area contributed by atoms with Gasteiger partial charge in [0.2, 0.25) is 5.91 Å². The van der Waals surface area contributed by atoms with Crippen LogP contribution < -0.4 is 10.6 Å². The second-order valence-corrected chi connectivity index (χ2v) is 3.39. The number of nitrogens with zero attached hydrogens (tertiary/aromatic N) is 1. The molecule has 0 aliphatic carbocycles. The number of amides is 3. The quantitative estimate of drug-likeness (QED) is 0.474. The maximum absolute atomic E-state index is 11.4. The Morgan fingerprint density at radius 3 is 2.50 bits per heavy atom. The van der Waals surface area contributed by atoms with Crippen molar-refractivity contribution in [3.8, 4) is 0 Å². The second-order valence-electron chi connectivity index (χ2n) is 3.39. The Bertz CT molecular complexity index is 317. The lowest BCUT2D eigenvalue weighted by atomic mass is 10.4. The molecule has 0 bridgehead atoms. The van der Waals surface area contributed by atoms with Crippen LogP contribution in [0.25, 0.3) is 0 Å². The molecule has 0 unspecified atom stereocenters.